The quantitative estimate of drug-likeness (QED) is 0.468. The average molecular weight is 424 g/mol. The Balaban J connectivity index is 1.70. The molecule has 7 nitrogen and oxygen atoms in total. The van der Waals surface area contributed by atoms with Gasteiger partial charge in [-0.1, -0.05) is 11.6 Å². The molecule has 0 atom stereocenters. The third-order valence-corrected chi connectivity index (χ3v) is 5.09. The lowest BCUT2D eigenvalue weighted by Crippen LogP contribution is -2.35. The van der Waals surface area contributed by atoms with E-state index in [-0.39, 0.29) is 11.6 Å². The van der Waals surface area contributed by atoms with Gasteiger partial charge in [-0.25, -0.2) is 0 Å². The van der Waals surface area contributed by atoms with Crippen molar-refractivity contribution in [1.82, 2.24) is 10.6 Å². The molecule has 1 aromatic heterocycles. The van der Waals surface area contributed by atoms with Crippen molar-refractivity contribution in [2.45, 2.75) is 32.1 Å². The summed E-state index contributed by atoms with van der Waals surface area (Å²) in [5.74, 6) is 0.593. The van der Waals surface area contributed by atoms with Gasteiger partial charge < -0.3 is 24.5 Å². The van der Waals surface area contributed by atoms with Gasteiger partial charge in [0, 0.05) is 18.2 Å². The number of benzene rings is 1. The number of hydrogen-bond donors (Lipinski definition) is 2. The number of nitrogens with one attached hydrogen (secondary N) is 2. The maximum absolute atomic E-state index is 12.8. The van der Waals surface area contributed by atoms with Crippen LogP contribution >= 0.6 is 0 Å². The molecule has 0 radical (unpaired) electrons. The van der Waals surface area contributed by atoms with E-state index in [2.05, 4.69) is 16.7 Å². The van der Waals surface area contributed by atoms with Crippen molar-refractivity contribution >= 4 is 17.9 Å². The topological polar surface area (TPSA) is 89.8 Å². The smallest absolute Gasteiger partial charge is 0.267 e. The van der Waals surface area contributed by atoms with Crippen molar-refractivity contribution in [3.63, 3.8) is 0 Å². The van der Waals surface area contributed by atoms with Gasteiger partial charge in [0.2, 0.25) is 0 Å². The van der Waals surface area contributed by atoms with E-state index in [4.69, 9.17) is 13.9 Å². The Morgan fingerprint density at radius 1 is 1.13 bits per heavy atom. The number of amides is 2. The lowest BCUT2D eigenvalue weighted by atomic mass is 9.97. The highest BCUT2D eigenvalue weighted by molar-refractivity contribution is 6.05. The van der Waals surface area contributed by atoms with Crippen LogP contribution in [0.3, 0.4) is 0 Å². The maximum Gasteiger partial charge on any atom is 0.267 e. The van der Waals surface area contributed by atoms with Crippen molar-refractivity contribution < 1.29 is 23.5 Å². The Labute approximate surface area is 182 Å². The van der Waals surface area contributed by atoms with Gasteiger partial charge in [-0.3, -0.25) is 9.59 Å². The highest BCUT2D eigenvalue weighted by Crippen LogP contribution is 2.27. The molecular formula is C24H28N2O5. The summed E-state index contributed by atoms with van der Waals surface area (Å²) in [7, 11) is 3.02. The zero-order chi connectivity index (χ0) is 22.1. The first kappa shape index (κ1) is 22.2. The van der Waals surface area contributed by atoms with Crippen LogP contribution in [0.25, 0.3) is 6.08 Å². The molecule has 31 heavy (non-hydrogen) atoms. The van der Waals surface area contributed by atoms with Gasteiger partial charge in [0.05, 0.1) is 20.5 Å². The lowest BCUT2D eigenvalue weighted by Gasteiger charge is -2.14. The first-order valence-corrected chi connectivity index (χ1v) is 10.4. The molecule has 0 unspecified atom stereocenters. The van der Waals surface area contributed by atoms with Crippen LogP contribution in [0, 0.1) is 0 Å². The number of ether oxygens (including phenoxy) is 2. The van der Waals surface area contributed by atoms with E-state index >= 15 is 0 Å². The van der Waals surface area contributed by atoms with E-state index in [0.717, 1.165) is 19.3 Å². The lowest BCUT2D eigenvalue weighted by molar-refractivity contribution is -0.117. The number of carbonyl (C=O) groups is 2. The zero-order valence-corrected chi connectivity index (χ0v) is 17.9. The van der Waals surface area contributed by atoms with Crippen molar-refractivity contribution in [2.75, 3.05) is 20.8 Å². The second-order valence-corrected chi connectivity index (χ2v) is 7.21. The van der Waals surface area contributed by atoms with Gasteiger partial charge in [-0.15, -0.1) is 0 Å². The fraction of sp³-hybridized carbons (Fsp3) is 0.333. The second-order valence-electron chi connectivity index (χ2n) is 7.21. The van der Waals surface area contributed by atoms with Crippen LogP contribution in [0.15, 0.2) is 58.4 Å². The monoisotopic (exact) mass is 424 g/mol. The molecule has 0 fully saturated rings. The molecule has 3 rings (SSSR count). The minimum atomic E-state index is -0.441. The summed E-state index contributed by atoms with van der Waals surface area (Å²) in [6.45, 7) is 0.506. The van der Waals surface area contributed by atoms with E-state index in [0.29, 0.717) is 29.4 Å². The number of hydrogen-bond acceptors (Lipinski definition) is 5. The Hall–Kier alpha value is -3.48. The first-order valence-electron chi connectivity index (χ1n) is 10.4. The molecule has 2 aromatic rings. The molecule has 0 aliphatic heterocycles. The van der Waals surface area contributed by atoms with Crippen molar-refractivity contribution in [2.24, 2.45) is 0 Å². The summed E-state index contributed by atoms with van der Waals surface area (Å²) in [6.07, 6.45) is 10.7. The summed E-state index contributed by atoms with van der Waals surface area (Å²) < 4.78 is 15.8. The van der Waals surface area contributed by atoms with Crippen LogP contribution in [0.2, 0.25) is 0 Å². The van der Waals surface area contributed by atoms with Crippen LogP contribution < -0.4 is 20.1 Å². The Morgan fingerprint density at radius 3 is 2.65 bits per heavy atom. The highest BCUT2D eigenvalue weighted by Gasteiger charge is 2.17. The molecule has 1 aromatic carbocycles. The van der Waals surface area contributed by atoms with Gasteiger partial charge in [0.15, 0.2) is 11.5 Å². The molecule has 0 bridgehead atoms. The third-order valence-electron chi connectivity index (χ3n) is 5.09. The number of allylic oxidation sites excluding steroid dienone is 1. The first-order chi connectivity index (χ1) is 15.1. The van der Waals surface area contributed by atoms with Gasteiger partial charge in [-0.2, -0.15) is 0 Å². The summed E-state index contributed by atoms with van der Waals surface area (Å²) in [6, 6.07) is 8.23. The molecule has 1 aliphatic rings. The fourth-order valence-corrected chi connectivity index (χ4v) is 3.41. The largest absolute Gasteiger partial charge is 0.493 e. The number of carbonyl (C=O) groups excluding carboxylic acids is 2. The third kappa shape index (κ3) is 6.25. The Morgan fingerprint density at radius 2 is 1.97 bits per heavy atom. The zero-order valence-electron chi connectivity index (χ0n) is 17.9. The van der Waals surface area contributed by atoms with Crippen molar-refractivity contribution in [1.29, 1.82) is 0 Å². The molecular weight excluding hydrogens is 396 g/mol. The van der Waals surface area contributed by atoms with Gasteiger partial charge in [0.1, 0.15) is 11.5 Å². The summed E-state index contributed by atoms with van der Waals surface area (Å²) in [5.41, 5.74) is 1.81. The maximum atomic E-state index is 12.8. The van der Waals surface area contributed by atoms with Crippen LogP contribution in [-0.2, 0) is 4.79 Å². The predicted octanol–water partition coefficient (Wildman–Crippen LogP) is 4.07. The van der Waals surface area contributed by atoms with Crippen LogP contribution in [0.5, 0.6) is 11.5 Å². The molecule has 164 valence electrons. The van der Waals surface area contributed by atoms with Crippen LogP contribution in [-0.4, -0.2) is 32.6 Å². The normalized spacial score (nSPS) is 13.9. The molecule has 7 heteroatoms. The van der Waals surface area contributed by atoms with E-state index in [1.807, 2.05) is 0 Å². The highest BCUT2D eigenvalue weighted by atomic mass is 16.5. The molecule has 1 aliphatic carbocycles. The number of furan rings is 1. The van der Waals surface area contributed by atoms with Crippen molar-refractivity contribution in [3.8, 4) is 11.5 Å². The Kier molecular flexibility index (Phi) is 7.92. The van der Waals surface area contributed by atoms with Gasteiger partial charge in [-0.05, 0) is 62.4 Å². The molecule has 0 saturated carbocycles. The average Bonchev–Trinajstić information content (AvgIpc) is 3.32. The number of rotatable bonds is 9. The van der Waals surface area contributed by atoms with Gasteiger partial charge >= 0.3 is 0 Å². The summed E-state index contributed by atoms with van der Waals surface area (Å²) in [5, 5.41) is 5.58. The van der Waals surface area contributed by atoms with Gasteiger partial charge in [0.25, 0.3) is 11.8 Å². The standard InChI is InChI=1S/C24H28N2O5/c1-29-21-11-10-18(15-22(21)30-2)23(27)26-20(16-19-9-6-14-31-19)24(28)25-13-12-17-7-4-3-5-8-17/h6-7,9-11,14-16H,3-5,8,12-13H2,1-2H3,(H,25,28)(H,26,27)/b20-16-. The molecule has 1 heterocycles. The fourth-order valence-electron chi connectivity index (χ4n) is 3.41. The molecule has 0 spiro atoms. The van der Waals surface area contributed by atoms with E-state index in [1.54, 1.807) is 30.3 Å². The molecule has 2 amide bonds. The van der Waals surface area contributed by atoms with E-state index in [9.17, 15) is 9.59 Å². The minimum Gasteiger partial charge on any atom is -0.493 e. The Bertz CT molecular complexity index is 960. The number of methoxy groups -OCH3 is 2. The minimum absolute atomic E-state index is 0.104. The van der Waals surface area contributed by atoms with E-state index < -0.39 is 5.91 Å². The van der Waals surface area contributed by atoms with E-state index in [1.165, 1.54) is 45.0 Å². The SMILES string of the molecule is COc1ccc(C(=O)N/C(=C\c2ccco2)C(=O)NCCC2=CCCCC2)cc1OC. The second kappa shape index (κ2) is 11.1. The molecule has 0 saturated heterocycles. The summed E-state index contributed by atoms with van der Waals surface area (Å²) in [4.78, 5) is 25.6. The summed E-state index contributed by atoms with van der Waals surface area (Å²) >= 11 is 0. The van der Waals surface area contributed by atoms with Crippen LogP contribution in [0.4, 0.5) is 0 Å². The molecule has 2 N–H and O–H groups in total. The predicted molar refractivity (Wildman–Crippen MR) is 118 cm³/mol. The van der Waals surface area contributed by atoms with Crippen LogP contribution in [0.1, 0.15) is 48.2 Å². The van der Waals surface area contributed by atoms with Crippen molar-refractivity contribution in [3.05, 3.63) is 65.3 Å².